The van der Waals surface area contributed by atoms with Crippen molar-refractivity contribution in [1.29, 1.82) is 0 Å². The van der Waals surface area contributed by atoms with Gasteiger partial charge in [-0.3, -0.25) is 4.79 Å². The average Bonchev–Trinajstić information content (AvgIpc) is 2.52. The highest BCUT2D eigenvalue weighted by Gasteiger charge is 2.24. The summed E-state index contributed by atoms with van der Waals surface area (Å²) in [5.74, 6) is -0.297. The molecule has 2 amide bonds. The Kier molecular flexibility index (Phi) is 6.29. The Labute approximate surface area is 125 Å². The Bertz CT molecular complexity index is 348. The van der Waals surface area contributed by atoms with Gasteiger partial charge in [-0.15, -0.1) is 0 Å². The normalized spacial score (nSPS) is 23.8. The molecule has 1 atom stereocenters. The largest absolute Gasteiger partial charge is 0.481 e. The average molecular weight is 298 g/mol. The first-order valence-electron chi connectivity index (χ1n) is 8.01. The van der Waals surface area contributed by atoms with Crippen LogP contribution in [0.3, 0.4) is 0 Å². The highest BCUT2D eigenvalue weighted by molar-refractivity contribution is 5.74. The number of piperidine rings is 1. The minimum absolute atomic E-state index is 0.0131. The minimum atomic E-state index is -0.734. The van der Waals surface area contributed by atoms with E-state index in [1.54, 1.807) is 0 Å². The standard InChI is InChI=1S/C15H26N2O4/c18-14(19)5-4-12-6-8-17(9-7-12)15(20)16-11-13-3-1-2-10-21-13/h12-13H,1-11H2,(H,16,20)(H,18,19). The molecular weight excluding hydrogens is 272 g/mol. The van der Waals surface area contributed by atoms with Gasteiger partial charge in [0.05, 0.1) is 6.10 Å². The molecule has 21 heavy (non-hydrogen) atoms. The number of likely N-dealkylation sites (tertiary alicyclic amines) is 1. The maximum absolute atomic E-state index is 12.1. The van der Waals surface area contributed by atoms with Crippen LogP contribution < -0.4 is 5.32 Å². The van der Waals surface area contributed by atoms with E-state index < -0.39 is 5.97 Å². The van der Waals surface area contributed by atoms with Gasteiger partial charge >= 0.3 is 12.0 Å². The van der Waals surface area contributed by atoms with Crippen LogP contribution in [-0.4, -0.2) is 54.4 Å². The fourth-order valence-electron chi connectivity index (χ4n) is 3.03. The minimum Gasteiger partial charge on any atom is -0.481 e. The van der Waals surface area contributed by atoms with Crippen LogP contribution in [-0.2, 0) is 9.53 Å². The van der Waals surface area contributed by atoms with Gasteiger partial charge in [-0.05, 0) is 44.4 Å². The van der Waals surface area contributed by atoms with Crippen LogP contribution in [0, 0.1) is 5.92 Å². The molecule has 0 aliphatic carbocycles. The number of carbonyl (C=O) groups is 2. The predicted octanol–water partition coefficient (Wildman–Crippen LogP) is 1.84. The lowest BCUT2D eigenvalue weighted by molar-refractivity contribution is -0.137. The molecule has 0 aromatic rings. The molecule has 1 unspecified atom stereocenters. The highest BCUT2D eigenvalue weighted by atomic mass is 16.5. The number of carboxylic acid groups (broad SMARTS) is 1. The molecule has 6 nitrogen and oxygen atoms in total. The van der Waals surface area contributed by atoms with Gasteiger partial charge in [0, 0.05) is 32.7 Å². The molecule has 2 N–H and O–H groups in total. The van der Waals surface area contributed by atoms with Crippen LogP contribution in [0.2, 0.25) is 0 Å². The Morgan fingerprint density at radius 3 is 2.57 bits per heavy atom. The topological polar surface area (TPSA) is 78.9 Å². The van der Waals surface area contributed by atoms with E-state index in [1.807, 2.05) is 4.90 Å². The zero-order valence-corrected chi connectivity index (χ0v) is 12.6. The number of hydrogen-bond donors (Lipinski definition) is 2. The molecule has 0 aromatic heterocycles. The molecule has 2 aliphatic rings. The molecule has 0 spiro atoms. The van der Waals surface area contributed by atoms with Crippen molar-refractivity contribution in [2.45, 2.75) is 51.0 Å². The molecule has 0 radical (unpaired) electrons. The Morgan fingerprint density at radius 2 is 1.95 bits per heavy atom. The van der Waals surface area contributed by atoms with Gasteiger partial charge in [0.25, 0.3) is 0 Å². The molecule has 2 saturated heterocycles. The molecule has 0 bridgehead atoms. The Balaban J connectivity index is 1.62. The summed E-state index contributed by atoms with van der Waals surface area (Å²) in [6, 6.07) is -0.0131. The third kappa shape index (κ3) is 5.53. The third-order valence-corrected chi connectivity index (χ3v) is 4.42. The molecule has 2 heterocycles. The van der Waals surface area contributed by atoms with Crippen LogP contribution in [0.5, 0.6) is 0 Å². The summed E-state index contributed by atoms with van der Waals surface area (Å²) >= 11 is 0. The quantitative estimate of drug-likeness (QED) is 0.812. The van der Waals surface area contributed by atoms with Crippen LogP contribution in [0.4, 0.5) is 4.79 Å². The van der Waals surface area contributed by atoms with E-state index in [0.29, 0.717) is 12.5 Å². The van der Waals surface area contributed by atoms with Crippen LogP contribution in [0.25, 0.3) is 0 Å². The number of amides is 2. The molecule has 0 saturated carbocycles. The van der Waals surface area contributed by atoms with Gasteiger partial charge in [0.1, 0.15) is 0 Å². The van der Waals surface area contributed by atoms with Crippen LogP contribution >= 0.6 is 0 Å². The lowest BCUT2D eigenvalue weighted by atomic mass is 9.92. The predicted molar refractivity (Wildman–Crippen MR) is 78.2 cm³/mol. The second kappa shape index (κ2) is 8.22. The van der Waals surface area contributed by atoms with Gasteiger partial charge in [-0.2, -0.15) is 0 Å². The van der Waals surface area contributed by atoms with Gasteiger partial charge in [-0.25, -0.2) is 4.79 Å². The fourth-order valence-corrected chi connectivity index (χ4v) is 3.03. The number of carboxylic acids is 1. The van der Waals surface area contributed by atoms with Crippen LogP contribution in [0.15, 0.2) is 0 Å². The summed E-state index contributed by atoms with van der Waals surface area (Å²) < 4.78 is 5.60. The highest BCUT2D eigenvalue weighted by Crippen LogP contribution is 2.22. The van der Waals surface area contributed by atoms with Crippen molar-refractivity contribution in [3.63, 3.8) is 0 Å². The molecule has 2 rings (SSSR count). The van der Waals surface area contributed by atoms with E-state index >= 15 is 0 Å². The molecule has 120 valence electrons. The molecular formula is C15H26N2O4. The second-order valence-corrected chi connectivity index (χ2v) is 6.04. The van der Waals surface area contributed by atoms with Crippen LogP contribution in [0.1, 0.15) is 44.9 Å². The second-order valence-electron chi connectivity index (χ2n) is 6.04. The number of nitrogens with one attached hydrogen (secondary N) is 1. The summed E-state index contributed by atoms with van der Waals surface area (Å²) in [7, 11) is 0. The van der Waals surface area contributed by atoms with Crippen molar-refractivity contribution in [2.75, 3.05) is 26.2 Å². The maximum Gasteiger partial charge on any atom is 0.317 e. The van der Waals surface area contributed by atoms with Crippen molar-refractivity contribution < 1.29 is 19.4 Å². The SMILES string of the molecule is O=C(O)CCC1CCN(C(=O)NCC2CCCCO2)CC1. The van der Waals surface area contributed by atoms with E-state index in [4.69, 9.17) is 9.84 Å². The van der Waals surface area contributed by atoms with E-state index in [9.17, 15) is 9.59 Å². The van der Waals surface area contributed by atoms with E-state index in [2.05, 4.69) is 5.32 Å². The smallest absolute Gasteiger partial charge is 0.317 e. The molecule has 2 fully saturated rings. The van der Waals surface area contributed by atoms with Crippen molar-refractivity contribution in [1.82, 2.24) is 10.2 Å². The van der Waals surface area contributed by atoms with Crippen molar-refractivity contribution in [3.8, 4) is 0 Å². The van der Waals surface area contributed by atoms with Crippen molar-refractivity contribution in [3.05, 3.63) is 0 Å². The summed E-state index contributed by atoms with van der Waals surface area (Å²) in [5.41, 5.74) is 0. The maximum atomic E-state index is 12.1. The molecule has 2 aliphatic heterocycles. The number of urea groups is 1. The Morgan fingerprint density at radius 1 is 1.19 bits per heavy atom. The molecule has 0 aromatic carbocycles. The summed E-state index contributed by atoms with van der Waals surface area (Å²) in [5, 5.41) is 11.6. The molecule has 6 heteroatoms. The van der Waals surface area contributed by atoms with Gasteiger partial charge in [0.2, 0.25) is 0 Å². The number of aliphatic carboxylic acids is 1. The van der Waals surface area contributed by atoms with Crippen molar-refractivity contribution in [2.24, 2.45) is 5.92 Å². The lowest BCUT2D eigenvalue weighted by Gasteiger charge is -2.32. The third-order valence-electron chi connectivity index (χ3n) is 4.42. The lowest BCUT2D eigenvalue weighted by Crippen LogP contribution is -2.47. The first-order valence-corrected chi connectivity index (χ1v) is 8.01. The zero-order chi connectivity index (χ0) is 15.1. The van der Waals surface area contributed by atoms with Gasteiger partial charge in [0.15, 0.2) is 0 Å². The van der Waals surface area contributed by atoms with Crippen molar-refractivity contribution >= 4 is 12.0 Å². The van der Waals surface area contributed by atoms with E-state index in [0.717, 1.165) is 51.8 Å². The fraction of sp³-hybridized carbons (Fsp3) is 0.867. The number of hydrogen-bond acceptors (Lipinski definition) is 3. The number of ether oxygens (including phenoxy) is 1. The van der Waals surface area contributed by atoms with Gasteiger partial charge in [-0.1, -0.05) is 0 Å². The number of carbonyl (C=O) groups excluding carboxylic acids is 1. The van der Waals surface area contributed by atoms with E-state index in [1.165, 1.54) is 6.42 Å². The zero-order valence-electron chi connectivity index (χ0n) is 12.6. The Hall–Kier alpha value is -1.30. The van der Waals surface area contributed by atoms with E-state index in [-0.39, 0.29) is 18.6 Å². The first kappa shape index (κ1) is 16.1. The van der Waals surface area contributed by atoms with Gasteiger partial charge < -0.3 is 20.1 Å². The summed E-state index contributed by atoms with van der Waals surface area (Å²) in [6.45, 7) is 2.84. The summed E-state index contributed by atoms with van der Waals surface area (Å²) in [6.07, 6.45) is 6.25. The summed E-state index contributed by atoms with van der Waals surface area (Å²) in [4.78, 5) is 24.5. The monoisotopic (exact) mass is 298 g/mol. The number of nitrogens with zero attached hydrogens (tertiary/aromatic N) is 1. The first-order chi connectivity index (χ1) is 10.1. The number of rotatable bonds is 5.